The Labute approximate surface area is 144 Å². The van der Waals surface area contributed by atoms with Crippen molar-refractivity contribution in [3.8, 4) is 0 Å². The lowest BCUT2D eigenvalue weighted by Crippen LogP contribution is -2.12. The molecule has 1 N–H and O–H groups in total. The monoisotopic (exact) mass is 347 g/mol. The molecule has 24 heavy (non-hydrogen) atoms. The quantitative estimate of drug-likeness (QED) is 0.763. The van der Waals surface area contributed by atoms with Crippen molar-refractivity contribution >= 4 is 20.9 Å². The van der Waals surface area contributed by atoms with Gasteiger partial charge in [-0.2, -0.15) is 0 Å². The van der Waals surface area contributed by atoms with E-state index in [1.54, 1.807) is 36.5 Å². The fourth-order valence-corrected chi connectivity index (χ4v) is 3.61. The Morgan fingerprint density at radius 1 is 0.917 bits per heavy atom. The first kappa shape index (κ1) is 19.9. The van der Waals surface area contributed by atoms with Gasteiger partial charge in [0.15, 0.2) is 0 Å². The van der Waals surface area contributed by atoms with Crippen LogP contribution >= 0.6 is 0 Å². The van der Waals surface area contributed by atoms with Crippen LogP contribution in [0, 0.1) is 0 Å². The molecule has 0 fully saturated rings. The maximum Gasteiger partial charge on any atom is 0.268 e. The zero-order valence-corrected chi connectivity index (χ0v) is 15.4. The smallest absolute Gasteiger partial charge is 0.268 e. The zero-order valence-electron chi connectivity index (χ0n) is 14.6. The normalized spacial score (nSPS) is 10.4. The molecular weight excluding hydrogens is 322 g/mol. The number of aliphatic hydroxyl groups is 1. The minimum Gasteiger partial charge on any atom is -0.392 e. The fraction of sp³-hybridized carbons (Fsp3) is 0.263. The average Bonchev–Trinajstić information content (AvgIpc) is 3.10. The first-order valence-corrected chi connectivity index (χ1v) is 9.58. The maximum absolute atomic E-state index is 12.7. The molecule has 0 unspecified atom stereocenters. The molecule has 3 aromatic rings. The number of aliphatic hydroxyl groups excluding tert-OH is 1. The molecule has 0 atom stereocenters. The number of benzene rings is 2. The number of fused-ring (bicyclic) bond motifs is 1. The first-order valence-electron chi connectivity index (χ1n) is 8.14. The molecule has 1 aromatic heterocycles. The molecular formula is C19H25NO3S. The Kier molecular flexibility index (Phi) is 7.68. The van der Waals surface area contributed by atoms with Crippen LogP contribution in [0.1, 0.15) is 33.3 Å². The summed E-state index contributed by atoms with van der Waals surface area (Å²) in [6.07, 6.45) is 1.55. The van der Waals surface area contributed by atoms with E-state index >= 15 is 0 Å². The van der Waals surface area contributed by atoms with Crippen LogP contribution in [0.25, 0.3) is 10.9 Å². The topological polar surface area (TPSA) is 59.3 Å². The van der Waals surface area contributed by atoms with Crippen molar-refractivity contribution in [2.24, 2.45) is 0 Å². The van der Waals surface area contributed by atoms with Crippen LogP contribution < -0.4 is 0 Å². The molecule has 0 radical (unpaired) electrons. The van der Waals surface area contributed by atoms with Crippen molar-refractivity contribution in [1.29, 1.82) is 0 Å². The molecule has 2 aromatic carbocycles. The van der Waals surface area contributed by atoms with Gasteiger partial charge < -0.3 is 5.11 Å². The Bertz CT molecular complexity index is 867. The van der Waals surface area contributed by atoms with E-state index in [2.05, 4.69) is 0 Å². The predicted molar refractivity (Wildman–Crippen MR) is 99.6 cm³/mol. The highest BCUT2D eigenvalue weighted by molar-refractivity contribution is 7.90. The van der Waals surface area contributed by atoms with E-state index in [1.165, 1.54) is 16.1 Å². The van der Waals surface area contributed by atoms with E-state index in [9.17, 15) is 8.42 Å². The zero-order chi connectivity index (χ0) is 18.2. The van der Waals surface area contributed by atoms with Gasteiger partial charge in [-0.15, -0.1) is 0 Å². The molecule has 5 heteroatoms. The lowest BCUT2D eigenvalue weighted by molar-refractivity contribution is 0.281. The minimum atomic E-state index is -3.65. The molecule has 0 spiro atoms. The van der Waals surface area contributed by atoms with Crippen LogP contribution in [-0.2, 0) is 16.6 Å². The van der Waals surface area contributed by atoms with Crippen molar-refractivity contribution in [3.05, 3.63) is 66.4 Å². The molecule has 1 heterocycles. The third-order valence-corrected chi connectivity index (χ3v) is 4.89. The number of hydrogen-bond acceptors (Lipinski definition) is 3. The summed E-state index contributed by atoms with van der Waals surface area (Å²) in [5.41, 5.74) is 1.21. The van der Waals surface area contributed by atoms with Crippen LogP contribution in [0.15, 0.2) is 65.7 Å². The van der Waals surface area contributed by atoms with Gasteiger partial charge in [0.1, 0.15) is 0 Å². The van der Waals surface area contributed by atoms with Gasteiger partial charge >= 0.3 is 0 Å². The molecule has 0 saturated carbocycles. The second-order valence-electron chi connectivity index (χ2n) is 4.48. The van der Waals surface area contributed by atoms with Gasteiger partial charge in [0.25, 0.3) is 10.0 Å². The molecule has 130 valence electrons. The lowest BCUT2D eigenvalue weighted by atomic mass is 10.2. The summed E-state index contributed by atoms with van der Waals surface area (Å²) in [7, 11) is -3.65. The van der Waals surface area contributed by atoms with Crippen LogP contribution in [0.2, 0.25) is 0 Å². The summed E-state index contributed by atoms with van der Waals surface area (Å²) >= 11 is 0. The Balaban J connectivity index is 0.000000671. The average molecular weight is 347 g/mol. The van der Waals surface area contributed by atoms with E-state index in [0.29, 0.717) is 11.1 Å². The second kappa shape index (κ2) is 9.25. The molecule has 0 aliphatic carbocycles. The fourth-order valence-electron chi connectivity index (χ4n) is 2.18. The van der Waals surface area contributed by atoms with Gasteiger partial charge in [0, 0.05) is 11.6 Å². The van der Waals surface area contributed by atoms with Crippen LogP contribution in [-0.4, -0.2) is 17.5 Å². The van der Waals surface area contributed by atoms with E-state index < -0.39 is 10.0 Å². The van der Waals surface area contributed by atoms with Gasteiger partial charge in [0.05, 0.1) is 17.0 Å². The minimum absolute atomic E-state index is 0.172. The van der Waals surface area contributed by atoms with Gasteiger partial charge in [-0.05, 0) is 29.8 Å². The molecule has 0 amide bonds. The van der Waals surface area contributed by atoms with E-state index in [4.69, 9.17) is 5.11 Å². The van der Waals surface area contributed by atoms with Crippen LogP contribution in [0.3, 0.4) is 0 Å². The van der Waals surface area contributed by atoms with Gasteiger partial charge in [-0.25, -0.2) is 12.4 Å². The van der Waals surface area contributed by atoms with Gasteiger partial charge in [0.2, 0.25) is 0 Å². The maximum atomic E-state index is 12.7. The Morgan fingerprint density at radius 2 is 1.58 bits per heavy atom. The predicted octanol–water partition coefficient (Wildman–Crippen LogP) is 4.42. The number of rotatable bonds is 3. The van der Waals surface area contributed by atoms with Crippen molar-refractivity contribution in [2.45, 2.75) is 39.2 Å². The highest BCUT2D eigenvalue weighted by Gasteiger charge is 2.18. The number of hydrogen-bond donors (Lipinski definition) is 1. The van der Waals surface area contributed by atoms with E-state index in [1.807, 2.05) is 39.8 Å². The van der Waals surface area contributed by atoms with Crippen LogP contribution in [0.5, 0.6) is 0 Å². The third kappa shape index (κ3) is 4.04. The van der Waals surface area contributed by atoms with E-state index in [0.717, 1.165) is 5.39 Å². The summed E-state index contributed by atoms with van der Waals surface area (Å²) in [5, 5.41) is 10.00. The largest absolute Gasteiger partial charge is 0.392 e. The Hall–Kier alpha value is -2.11. The highest BCUT2D eigenvalue weighted by atomic mass is 32.2. The molecule has 4 nitrogen and oxygen atoms in total. The van der Waals surface area contributed by atoms with Crippen LogP contribution in [0.4, 0.5) is 0 Å². The van der Waals surface area contributed by atoms with Crippen molar-refractivity contribution in [3.63, 3.8) is 0 Å². The Morgan fingerprint density at radius 3 is 2.25 bits per heavy atom. The molecule has 0 saturated heterocycles. The summed E-state index contributed by atoms with van der Waals surface area (Å²) < 4.78 is 26.6. The standard InChI is InChI=1S/C15H13NO3S.2C2H6/c17-11-12-4-3-6-14(10-12)20(18,19)16-9-8-13-5-1-2-7-15(13)16;2*1-2/h1-10,17H,11H2;2*1-2H3. The molecule has 0 bridgehead atoms. The van der Waals surface area contributed by atoms with Gasteiger partial charge in [-0.1, -0.05) is 58.0 Å². The third-order valence-electron chi connectivity index (χ3n) is 3.20. The molecule has 0 aliphatic heterocycles. The summed E-state index contributed by atoms with van der Waals surface area (Å²) in [5.74, 6) is 0. The number of aromatic nitrogens is 1. The molecule has 3 rings (SSSR count). The highest BCUT2D eigenvalue weighted by Crippen LogP contribution is 2.22. The van der Waals surface area contributed by atoms with Crippen molar-refractivity contribution < 1.29 is 13.5 Å². The van der Waals surface area contributed by atoms with E-state index in [-0.39, 0.29) is 11.5 Å². The molecule has 0 aliphatic rings. The number of para-hydroxylation sites is 1. The first-order chi connectivity index (χ1) is 11.6. The van der Waals surface area contributed by atoms with Gasteiger partial charge in [-0.3, -0.25) is 0 Å². The number of nitrogens with zero attached hydrogens (tertiary/aromatic N) is 1. The second-order valence-corrected chi connectivity index (χ2v) is 6.30. The summed E-state index contributed by atoms with van der Waals surface area (Å²) in [6.45, 7) is 7.82. The van der Waals surface area contributed by atoms with Crippen molar-refractivity contribution in [1.82, 2.24) is 3.97 Å². The SMILES string of the molecule is CC.CC.O=S(=O)(c1cccc(CO)c1)n1ccc2ccccc21. The summed E-state index contributed by atoms with van der Waals surface area (Å²) in [6, 6.07) is 15.4. The summed E-state index contributed by atoms with van der Waals surface area (Å²) in [4.78, 5) is 0.172. The lowest BCUT2D eigenvalue weighted by Gasteiger charge is -2.08. The van der Waals surface area contributed by atoms with Crippen molar-refractivity contribution in [2.75, 3.05) is 0 Å².